The predicted octanol–water partition coefficient (Wildman–Crippen LogP) is 3.43. The molecule has 1 aromatic heterocycles. The monoisotopic (exact) mass is 281 g/mol. The predicted molar refractivity (Wildman–Crippen MR) is 64.2 cm³/mol. The number of aryl methyl sites for hydroxylation is 1. The fourth-order valence-corrected chi connectivity index (χ4v) is 1.60. The van der Waals surface area contributed by atoms with Crippen LogP contribution >= 0.6 is 15.9 Å². The lowest BCUT2D eigenvalue weighted by Gasteiger charge is -2.06. The molecule has 0 bridgehead atoms. The van der Waals surface area contributed by atoms with E-state index < -0.39 is 5.95 Å². The Kier molecular flexibility index (Phi) is 3.14. The van der Waals surface area contributed by atoms with E-state index in [-0.39, 0.29) is 0 Å². The highest BCUT2D eigenvalue weighted by Crippen LogP contribution is 2.22. The Hall–Kier alpha value is -1.49. The van der Waals surface area contributed by atoms with Gasteiger partial charge >= 0.3 is 0 Å². The maximum Gasteiger partial charge on any atom is 0.218 e. The summed E-state index contributed by atoms with van der Waals surface area (Å²) in [6.45, 7) is 2.00. The molecule has 1 heterocycles. The first kappa shape index (κ1) is 11.0. The lowest BCUT2D eigenvalue weighted by atomic mass is 10.2. The van der Waals surface area contributed by atoms with Gasteiger partial charge in [0.1, 0.15) is 12.1 Å². The van der Waals surface area contributed by atoms with Gasteiger partial charge in [-0.1, -0.05) is 22.0 Å². The fraction of sp³-hybridized carbons (Fsp3) is 0.0909. The van der Waals surface area contributed by atoms with Crippen molar-refractivity contribution in [3.05, 3.63) is 46.6 Å². The second-order valence-corrected chi connectivity index (χ2v) is 4.17. The van der Waals surface area contributed by atoms with Crippen molar-refractivity contribution in [1.82, 2.24) is 9.97 Å². The van der Waals surface area contributed by atoms with Crippen molar-refractivity contribution in [2.45, 2.75) is 6.92 Å². The maximum absolute atomic E-state index is 12.8. The highest BCUT2D eigenvalue weighted by atomic mass is 79.9. The average Bonchev–Trinajstić information content (AvgIpc) is 2.24. The number of benzene rings is 1. The van der Waals surface area contributed by atoms with Gasteiger partial charge in [-0.2, -0.15) is 4.39 Å². The Morgan fingerprint density at radius 1 is 1.25 bits per heavy atom. The largest absolute Gasteiger partial charge is 0.340 e. The molecule has 1 aromatic carbocycles. The van der Waals surface area contributed by atoms with E-state index in [9.17, 15) is 4.39 Å². The molecular weight excluding hydrogens is 273 g/mol. The molecule has 2 aromatic rings. The summed E-state index contributed by atoms with van der Waals surface area (Å²) in [5.41, 5.74) is 1.98. The number of nitrogens with one attached hydrogen (secondary N) is 1. The van der Waals surface area contributed by atoms with Gasteiger partial charge in [0.05, 0.1) is 0 Å². The van der Waals surface area contributed by atoms with Crippen molar-refractivity contribution in [1.29, 1.82) is 0 Å². The van der Waals surface area contributed by atoms with Crippen LogP contribution in [0.5, 0.6) is 0 Å². The van der Waals surface area contributed by atoms with Crippen molar-refractivity contribution in [2.75, 3.05) is 5.32 Å². The van der Waals surface area contributed by atoms with Crippen LogP contribution in [0.25, 0.3) is 0 Å². The molecule has 0 fully saturated rings. The van der Waals surface area contributed by atoms with Crippen LogP contribution in [0.3, 0.4) is 0 Å². The molecule has 0 aliphatic rings. The third kappa shape index (κ3) is 2.55. The summed E-state index contributed by atoms with van der Waals surface area (Å²) in [6.07, 6.45) is 1.18. The molecule has 5 heteroatoms. The van der Waals surface area contributed by atoms with Crippen molar-refractivity contribution in [3.8, 4) is 0 Å². The van der Waals surface area contributed by atoms with Crippen LogP contribution in [-0.4, -0.2) is 9.97 Å². The molecule has 16 heavy (non-hydrogen) atoms. The standard InChI is InChI=1S/C11H9BrFN3/c1-7-2-3-8(4-9(7)12)16-11-5-10(13)14-6-15-11/h2-6H,1H3,(H,14,15,16). The normalized spacial score (nSPS) is 10.2. The van der Waals surface area contributed by atoms with Crippen molar-refractivity contribution in [3.63, 3.8) is 0 Å². The number of hydrogen-bond donors (Lipinski definition) is 1. The van der Waals surface area contributed by atoms with E-state index in [1.54, 1.807) is 0 Å². The summed E-state index contributed by atoms with van der Waals surface area (Å²) >= 11 is 3.43. The highest BCUT2D eigenvalue weighted by molar-refractivity contribution is 9.10. The van der Waals surface area contributed by atoms with Crippen LogP contribution in [0.1, 0.15) is 5.56 Å². The molecule has 0 amide bonds. The highest BCUT2D eigenvalue weighted by Gasteiger charge is 2.00. The number of halogens is 2. The molecule has 82 valence electrons. The zero-order valence-electron chi connectivity index (χ0n) is 8.54. The Bertz CT molecular complexity index is 516. The summed E-state index contributed by atoms with van der Waals surface area (Å²) in [4.78, 5) is 7.30. The molecule has 1 N–H and O–H groups in total. The Morgan fingerprint density at radius 2 is 2.06 bits per heavy atom. The van der Waals surface area contributed by atoms with Crippen LogP contribution in [0.4, 0.5) is 15.9 Å². The van der Waals surface area contributed by atoms with Crippen LogP contribution in [0, 0.1) is 12.9 Å². The minimum Gasteiger partial charge on any atom is -0.340 e. The number of rotatable bonds is 2. The zero-order valence-corrected chi connectivity index (χ0v) is 10.1. The summed E-state index contributed by atoms with van der Waals surface area (Å²) in [5, 5.41) is 2.99. The molecule has 0 radical (unpaired) electrons. The Labute approximate surface area is 101 Å². The van der Waals surface area contributed by atoms with Crippen LogP contribution in [-0.2, 0) is 0 Å². The van der Waals surface area contributed by atoms with Gasteiger partial charge in [-0.3, -0.25) is 0 Å². The van der Waals surface area contributed by atoms with E-state index >= 15 is 0 Å². The van der Waals surface area contributed by atoms with Gasteiger partial charge in [0.15, 0.2) is 0 Å². The van der Waals surface area contributed by atoms with Crippen LogP contribution in [0.15, 0.2) is 35.1 Å². The van der Waals surface area contributed by atoms with Crippen molar-refractivity contribution < 1.29 is 4.39 Å². The molecule has 0 saturated heterocycles. The summed E-state index contributed by atoms with van der Waals surface area (Å²) < 4.78 is 13.8. The van der Waals surface area contributed by atoms with Gasteiger partial charge in [-0.05, 0) is 24.6 Å². The molecular formula is C11H9BrFN3. The minimum atomic E-state index is -0.552. The lowest BCUT2D eigenvalue weighted by Crippen LogP contribution is -1.95. The third-order valence-corrected chi connectivity index (χ3v) is 2.93. The number of aromatic nitrogens is 2. The van der Waals surface area contributed by atoms with E-state index in [1.807, 2.05) is 25.1 Å². The summed E-state index contributed by atoms with van der Waals surface area (Å²) in [7, 11) is 0. The first-order valence-corrected chi connectivity index (χ1v) is 5.45. The topological polar surface area (TPSA) is 37.8 Å². The number of hydrogen-bond acceptors (Lipinski definition) is 3. The first-order valence-electron chi connectivity index (χ1n) is 4.66. The van der Waals surface area contributed by atoms with Crippen molar-refractivity contribution in [2.24, 2.45) is 0 Å². The van der Waals surface area contributed by atoms with E-state index in [0.29, 0.717) is 5.82 Å². The summed E-state index contributed by atoms with van der Waals surface area (Å²) in [6, 6.07) is 7.02. The van der Waals surface area contributed by atoms with E-state index in [4.69, 9.17) is 0 Å². The summed E-state index contributed by atoms with van der Waals surface area (Å²) in [5.74, 6) is -0.119. The van der Waals surface area contributed by atoms with E-state index in [1.165, 1.54) is 12.4 Å². The van der Waals surface area contributed by atoms with Gasteiger partial charge in [0.25, 0.3) is 0 Å². The molecule has 0 unspecified atom stereocenters. The molecule has 0 aliphatic heterocycles. The Morgan fingerprint density at radius 3 is 2.75 bits per heavy atom. The van der Waals surface area contributed by atoms with E-state index in [0.717, 1.165) is 15.7 Å². The maximum atomic E-state index is 12.8. The van der Waals surface area contributed by atoms with E-state index in [2.05, 4.69) is 31.2 Å². The van der Waals surface area contributed by atoms with Gasteiger partial charge in [0.2, 0.25) is 5.95 Å². The van der Waals surface area contributed by atoms with Gasteiger partial charge in [0, 0.05) is 16.2 Å². The molecule has 0 atom stereocenters. The third-order valence-electron chi connectivity index (χ3n) is 2.08. The SMILES string of the molecule is Cc1ccc(Nc2cc(F)ncn2)cc1Br. The van der Waals surface area contributed by atoms with Crippen LogP contribution in [0.2, 0.25) is 0 Å². The second-order valence-electron chi connectivity index (χ2n) is 3.31. The fourth-order valence-electron chi connectivity index (χ4n) is 1.22. The number of anilines is 2. The molecule has 2 rings (SSSR count). The number of nitrogens with zero attached hydrogens (tertiary/aromatic N) is 2. The molecule has 3 nitrogen and oxygen atoms in total. The van der Waals surface area contributed by atoms with Gasteiger partial charge in [-0.15, -0.1) is 0 Å². The van der Waals surface area contributed by atoms with Gasteiger partial charge in [-0.25, -0.2) is 9.97 Å². The van der Waals surface area contributed by atoms with Gasteiger partial charge < -0.3 is 5.32 Å². The lowest BCUT2D eigenvalue weighted by molar-refractivity contribution is 0.580. The second kappa shape index (κ2) is 4.57. The minimum absolute atomic E-state index is 0.434. The quantitative estimate of drug-likeness (QED) is 0.857. The zero-order chi connectivity index (χ0) is 11.5. The molecule has 0 spiro atoms. The first-order chi connectivity index (χ1) is 7.65. The molecule has 0 saturated carbocycles. The average molecular weight is 282 g/mol. The van der Waals surface area contributed by atoms with Crippen molar-refractivity contribution >= 4 is 27.4 Å². The smallest absolute Gasteiger partial charge is 0.218 e. The van der Waals surface area contributed by atoms with Crippen LogP contribution < -0.4 is 5.32 Å². The molecule has 0 aliphatic carbocycles. The Balaban J connectivity index is 2.24.